The number of benzene rings is 1. The summed E-state index contributed by atoms with van der Waals surface area (Å²) in [5, 5.41) is 0. The van der Waals surface area contributed by atoms with E-state index in [0.29, 0.717) is 31.0 Å². The van der Waals surface area contributed by atoms with Crippen LogP contribution in [0.1, 0.15) is 17.3 Å². The quantitative estimate of drug-likeness (QED) is 0.551. The van der Waals surface area contributed by atoms with E-state index in [1.54, 1.807) is 31.3 Å². The number of para-hydroxylation sites is 1. The first kappa shape index (κ1) is 16.4. The van der Waals surface area contributed by atoms with Gasteiger partial charge in [0.05, 0.1) is 30.5 Å². The molecule has 1 atom stereocenters. The number of anilines is 1. The number of nitrogens with two attached hydrogens (primary N) is 1. The minimum atomic E-state index is -0.0971. The molecule has 1 unspecified atom stereocenters. The molecule has 0 aliphatic carbocycles. The van der Waals surface area contributed by atoms with Gasteiger partial charge in [0.15, 0.2) is 0 Å². The molecule has 0 aromatic heterocycles. The molecule has 20 heavy (non-hydrogen) atoms. The van der Waals surface area contributed by atoms with Gasteiger partial charge in [-0.2, -0.15) is 0 Å². The summed E-state index contributed by atoms with van der Waals surface area (Å²) in [5.74, 6) is 5.36. The summed E-state index contributed by atoms with van der Waals surface area (Å²) in [6.07, 6.45) is 0. The molecule has 0 radical (unpaired) electrons. The number of carbonyl (C=O) groups is 1. The molecule has 1 rings (SSSR count). The van der Waals surface area contributed by atoms with Gasteiger partial charge in [-0.25, -0.2) is 0 Å². The number of hydrogen-bond acceptors (Lipinski definition) is 5. The van der Waals surface area contributed by atoms with Gasteiger partial charge in [0.25, 0.3) is 5.91 Å². The Hall–Kier alpha value is -1.63. The van der Waals surface area contributed by atoms with Crippen LogP contribution >= 0.6 is 0 Å². The molecule has 0 bridgehead atoms. The molecule has 0 aliphatic heterocycles. The standard InChI is InChI=1S/C14H23N3O3/c1-11(10-20-3)17(8-9-19-2)14(18)12-6-4-5-7-13(12)16-15/h4-7,11,16H,8-10,15H2,1-3H3. The van der Waals surface area contributed by atoms with Crippen LogP contribution in [-0.2, 0) is 9.47 Å². The average Bonchev–Trinajstić information content (AvgIpc) is 2.47. The van der Waals surface area contributed by atoms with E-state index < -0.39 is 0 Å². The number of methoxy groups -OCH3 is 2. The number of rotatable bonds is 8. The Morgan fingerprint density at radius 2 is 2.05 bits per heavy atom. The van der Waals surface area contributed by atoms with E-state index in [0.717, 1.165) is 0 Å². The van der Waals surface area contributed by atoms with E-state index in [-0.39, 0.29) is 11.9 Å². The van der Waals surface area contributed by atoms with E-state index in [9.17, 15) is 4.79 Å². The Labute approximate surface area is 119 Å². The first-order valence-electron chi connectivity index (χ1n) is 6.50. The van der Waals surface area contributed by atoms with Crippen molar-refractivity contribution in [3.63, 3.8) is 0 Å². The number of hydrogen-bond donors (Lipinski definition) is 2. The van der Waals surface area contributed by atoms with Crippen molar-refractivity contribution in [2.24, 2.45) is 5.84 Å². The van der Waals surface area contributed by atoms with E-state index in [1.165, 1.54) is 0 Å². The number of amides is 1. The van der Waals surface area contributed by atoms with Gasteiger partial charge >= 0.3 is 0 Å². The van der Waals surface area contributed by atoms with Gasteiger partial charge in [-0.3, -0.25) is 10.6 Å². The van der Waals surface area contributed by atoms with Gasteiger partial charge < -0.3 is 19.8 Å². The predicted octanol–water partition coefficient (Wildman–Crippen LogP) is 1.10. The molecule has 0 spiro atoms. The van der Waals surface area contributed by atoms with Gasteiger partial charge in [0.2, 0.25) is 0 Å². The van der Waals surface area contributed by atoms with Crippen LogP contribution in [0.3, 0.4) is 0 Å². The maximum atomic E-state index is 12.7. The third kappa shape index (κ3) is 4.19. The van der Waals surface area contributed by atoms with Crippen LogP contribution in [-0.4, -0.2) is 50.8 Å². The highest BCUT2D eigenvalue weighted by atomic mass is 16.5. The molecule has 6 heteroatoms. The largest absolute Gasteiger partial charge is 0.383 e. The average molecular weight is 281 g/mol. The van der Waals surface area contributed by atoms with Gasteiger partial charge in [-0.05, 0) is 19.1 Å². The van der Waals surface area contributed by atoms with E-state index in [2.05, 4.69) is 5.43 Å². The highest BCUT2D eigenvalue weighted by Crippen LogP contribution is 2.17. The zero-order valence-corrected chi connectivity index (χ0v) is 12.3. The summed E-state index contributed by atoms with van der Waals surface area (Å²) in [7, 11) is 3.23. The van der Waals surface area contributed by atoms with Crippen molar-refractivity contribution < 1.29 is 14.3 Å². The Kier molecular flexibility index (Phi) is 7.00. The second-order valence-corrected chi connectivity index (χ2v) is 4.49. The normalized spacial score (nSPS) is 12.0. The lowest BCUT2D eigenvalue weighted by Crippen LogP contribution is -2.43. The highest BCUT2D eigenvalue weighted by molar-refractivity contribution is 5.99. The first-order chi connectivity index (χ1) is 9.65. The molecule has 1 aromatic carbocycles. The zero-order valence-electron chi connectivity index (χ0n) is 12.3. The molecule has 1 aromatic rings. The van der Waals surface area contributed by atoms with Crippen LogP contribution in [0.25, 0.3) is 0 Å². The minimum absolute atomic E-state index is 0.0477. The summed E-state index contributed by atoms with van der Waals surface area (Å²) in [6.45, 7) is 3.38. The monoisotopic (exact) mass is 281 g/mol. The van der Waals surface area contributed by atoms with Gasteiger partial charge in [-0.15, -0.1) is 0 Å². The second kappa shape index (κ2) is 8.52. The molecule has 0 heterocycles. The molecule has 0 fully saturated rings. The molecular formula is C14H23N3O3. The summed E-state index contributed by atoms with van der Waals surface area (Å²) in [4.78, 5) is 14.4. The smallest absolute Gasteiger partial charge is 0.256 e. The maximum absolute atomic E-state index is 12.7. The molecule has 0 aliphatic rings. The van der Waals surface area contributed by atoms with Crippen LogP contribution in [0.2, 0.25) is 0 Å². The summed E-state index contributed by atoms with van der Waals surface area (Å²) in [6, 6.07) is 7.10. The Morgan fingerprint density at radius 3 is 2.65 bits per heavy atom. The van der Waals surface area contributed by atoms with Crippen LogP contribution in [0.5, 0.6) is 0 Å². The zero-order chi connectivity index (χ0) is 15.0. The van der Waals surface area contributed by atoms with Gasteiger partial charge in [0.1, 0.15) is 0 Å². The van der Waals surface area contributed by atoms with Crippen molar-refractivity contribution in [2.45, 2.75) is 13.0 Å². The SMILES string of the molecule is COCCN(C(=O)c1ccccc1NN)C(C)COC. The lowest BCUT2D eigenvalue weighted by atomic mass is 10.1. The Bertz CT molecular complexity index is 426. The lowest BCUT2D eigenvalue weighted by molar-refractivity contribution is 0.0480. The third-order valence-corrected chi connectivity index (χ3v) is 3.05. The van der Waals surface area contributed by atoms with E-state index >= 15 is 0 Å². The van der Waals surface area contributed by atoms with E-state index in [1.807, 2.05) is 19.1 Å². The Balaban J connectivity index is 2.96. The lowest BCUT2D eigenvalue weighted by Gasteiger charge is -2.29. The molecule has 0 saturated carbocycles. The number of carbonyl (C=O) groups excluding carboxylic acids is 1. The first-order valence-corrected chi connectivity index (χ1v) is 6.50. The topological polar surface area (TPSA) is 76.8 Å². The summed E-state index contributed by atoms with van der Waals surface area (Å²) >= 11 is 0. The summed E-state index contributed by atoms with van der Waals surface area (Å²) in [5.41, 5.74) is 3.69. The minimum Gasteiger partial charge on any atom is -0.383 e. The van der Waals surface area contributed by atoms with Gasteiger partial charge in [0, 0.05) is 20.8 Å². The molecule has 0 saturated heterocycles. The molecular weight excluding hydrogens is 258 g/mol. The fourth-order valence-electron chi connectivity index (χ4n) is 1.99. The number of nitrogen functional groups attached to an aromatic ring is 1. The van der Waals surface area contributed by atoms with E-state index in [4.69, 9.17) is 15.3 Å². The fourth-order valence-corrected chi connectivity index (χ4v) is 1.99. The molecule has 3 N–H and O–H groups in total. The number of ether oxygens (including phenoxy) is 2. The van der Waals surface area contributed by atoms with Crippen molar-refractivity contribution in [1.82, 2.24) is 4.90 Å². The number of hydrazine groups is 1. The number of nitrogens with one attached hydrogen (secondary N) is 1. The highest BCUT2D eigenvalue weighted by Gasteiger charge is 2.23. The maximum Gasteiger partial charge on any atom is 0.256 e. The fraction of sp³-hybridized carbons (Fsp3) is 0.500. The van der Waals surface area contributed by atoms with Crippen LogP contribution in [0.4, 0.5) is 5.69 Å². The van der Waals surface area contributed by atoms with Crippen LogP contribution in [0.15, 0.2) is 24.3 Å². The third-order valence-electron chi connectivity index (χ3n) is 3.05. The molecule has 112 valence electrons. The second-order valence-electron chi connectivity index (χ2n) is 4.49. The van der Waals surface area contributed by atoms with Crippen LogP contribution < -0.4 is 11.3 Å². The number of nitrogens with zero attached hydrogens (tertiary/aromatic N) is 1. The van der Waals surface area contributed by atoms with Crippen molar-refractivity contribution in [1.29, 1.82) is 0 Å². The predicted molar refractivity (Wildman–Crippen MR) is 78.5 cm³/mol. The summed E-state index contributed by atoms with van der Waals surface area (Å²) < 4.78 is 10.2. The van der Waals surface area contributed by atoms with Crippen molar-refractivity contribution in [3.05, 3.63) is 29.8 Å². The van der Waals surface area contributed by atoms with Crippen molar-refractivity contribution in [2.75, 3.05) is 39.4 Å². The van der Waals surface area contributed by atoms with Crippen molar-refractivity contribution >= 4 is 11.6 Å². The van der Waals surface area contributed by atoms with Crippen molar-refractivity contribution in [3.8, 4) is 0 Å². The Morgan fingerprint density at radius 1 is 1.35 bits per heavy atom. The van der Waals surface area contributed by atoms with Gasteiger partial charge in [-0.1, -0.05) is 12.1 Å². The molecule has 6 nitrogen and oxygen atoms in total. The van der Waals surface area contributed by atoms with Crippen LogP contribution in [0, 0.1) is 0 Å². The molecule has 1 amide bonds.